The number of hydrogen-bond donors (Lipinski definition) is 1. The van der Waals surface area contributed by atoms with Gasteiger partial charge in [-0.25, -0.2) is 0 Å². The molecule has 0 radical (unpaired) electrons. The average Bonchev–Trinajstić information content (AvgIpc) is 2.98. The van der Waals surface area contributed by atoms with E-state index in [0.717, 1.165) is 17.7 Å². The van der Waals surface area contributed by atoms with Crippen LogP contribution in [0.5, 0.6) is 5.75 Å². The van der Waals surface area contributed by atoms with Crippen molar-refractivity contribution in [3.05, 3.63) is 47.3 Å². The molecule has 5 nitrogen and oxygen atoms in total. The second-order valence-electron chi connectivity index (χ2n) is 5.47. The van der Waals surface area contributed by atoms with Crippen LogP contribution in [-0.4, -0.2) is 17.7 Å². The average molecular weight is 286 g/mol. The summed E-state index contributed by atoms with van der Waals surface area (Å²) in [5, 5.41) is 6.84. The highest BCUT2D eigenvalue weighted by atomic mass is 16.5. The first-order valence-corrected chi connectivity index (χ1v) is 7.14. The summed E-state index contributed by atoms with van der Waals surface area (Å²) in [7, 11) is 0. The number of hydrogen-bond acceptors (Lipinski definition) is 4. The molecule has 5 heteroatoms. The Bertz CT molecular complexity index is 648. The van der Waals surface area contributed by atoms with Gasteiger partial charge in [-0.15, -0.1) is 0 Å². The van der Waals surface area contributed by atoms with Crippen molar-refractivity contribution in [2.45, 2.75) is 32.2 Å². The van der Waals surface area contributed by atoms with Crippen LogP contribution in [0.3, 0.4) is 0 Å². The number of carbonyl (C=O) groups excluding carboxylic acids is 1. The van der Waals surface area contributed by atoms with Crippen LogP contribution in [0.1, 0.15) is 54.0 Å². The molecule has 21 heavy (non-hydrogen) atoms. The van der Waals surface area contributed by atoms with Crippen molar-refractivity contribution < 1.29 is 14.1 Å². The second-order valence-corrected chi connectivity index (χ2v) is 5.47. The summed E-state index contributed by atoms with van der Waals surface area (Å²) in [6, 6.07) is 9.41. The van der Waals surface area contributed by atoms with E-state index in [4.69, 9.17) is 9.26 Å². The summed E-state index contributed by atoms with van der Waals surface area (Å²) in [5.41, 5.74) is 1.33. The normalized spacial score (nSPS) is 17.2. The van der Waals surface area contributed by atoms with Gasteiger partial charge in [-0.3, -0.25) is 4.79 Å². The van der Waals surface area contributed by atoms with Gasteiger partial charge in [0.15, 0.2) is 5.69 Å². The minimum Gasteiger partial charge on any atom is -0.493 e. The maximum Gasteiger partial charge on any atom is 0.273 e. The molecule has 0 bridgehead atoms. The molecule has 0 spiro atoms. The third kappa shape index (κ3) is 2.77. The number of nitrogens with one attached hydrogen (secondary N) is 1. The third-order valence-corrected chi connectivity index (χ3v) is 3.59. The predicted molar refractivity (Wildman–Crippen MR) is 77.4 cm³/mol. The van der Waals surface area contributed by atoms with Gasteiger partial charge in [0.05, 0.1) is 12.6 Å². The molecule has 1 aromatic heterocycles. The number of aromatic nitrogens is 1. The molecular weight excluding hydrogens is 268 g/mol. The Kier molecular flexibility index (Phi) is 3.64. The Morgan fingerprint density at radius 2 is 2.19 bits per heavy atom. The number of nitrogens with zero attached hydrogens (tertiary/aromatic N) is 1. The Morgan fingerprint density at radius 1 is 1.38 bits per heavy atom. The lowest BCUT2D eigenvalue weighted by molar-refractivity contribution is 0.0915. The molecule has 1 aliphatic heterocycles. The minimum atomic E-state index is -0.215. The number of amides is 1. The van der Waals surface area contributed by atoms with Gasteiger partial charge in [0, 0.05) is 24.0 Å². The number of carbonyl (C=O) groups is 1. The van der Waals surface area contributed by atoms with E-state index in [-0.39, 0.29) is 17.9 Å². The van der Waals surface area contributed by atoms with Gasteiger partial charge in [-0.05, 0) is 6.07 Å². The van der Waals surface area contributed by atoms with Crippen molar-refractivity contribution in [1.29, 1.82) is 0 Å². The van der Waals surface area contributed by atoms with E-state index in [1.807, 2.05) is 38.1 Å². The van der Waals surface area contributed by atoms with Crippen LogP contribution in [0.4, 0.5) is 0 Å². The zero-order valence-electron chi connectivity index (χ0n) is 12.1. The van der Waals surface area contributed by atoms with Crippen LogP contribution < -0.4 is 10.1 Å². The number of ether oxygens (including phenoxy) is 1. The molecule has 1 unspecified atom stereocenters. The fourth-order valence-corrected chi connectivity index (χ4v) is 2.39. The van der Waals surface area contributed by atoms with Crippen LogP contribution in [0.2, 0.25) is 0 Å². The van der Waals surface area contributed by atoms with Crippen LogP contribution in [0.25, 0.3) is 0 Å². The maximum absolute atomic E-state index is 12.3. The summed E-state index contributed by atoms with van der Waals surface area (Å²) in [4.78, 5) is 12.3. The van der Waals surface area contributed by atoms with Gasteiger partial charge in [0.1, 0.15) is 11.5 Å². The number of para-hydroxylation sites is 1. The molecule has 0 aliphatic carbocycles. The highest BCUT2D eigenvalue weighted by molar-refractivity contribution is 5.92. The Labute approximate surface area is 123 Å². The molecule has 1 atom stereocenters. The van der Waals surface area contributed by atoms with Crippen molar-refractivity contribution in [2.75, 3.05) is 6.61 Å². The molecule has 0 saturated carbocycles. The van der Waals surface area contributed by atoms with Gasteiger partial charge in [-0.2, -0.15) is 0 Å². The maximum atomic E-state index is 12.3. The molecule has 1 aliphatic rings. The highest BCUT2D eigenvalue weighted by Crippen LogP contribution is 2.31. The molecule has 1 N–H and O–H groups in total. The Hall–Kier alpha value is -2.30. The van der Waals surface area contributed by atoms with Gasteiger partial charge in [0.2, 0.25) is 0 Å². The predicted octanol–water partition coefficient (Wildman–Crippen LogP) is 3.05. The summed E-state index contributed by atoms with van der Waals surface area (Å²) in [5.74, 6) is 1.54. The first-order valence-electron chi connectivity index (χ1n) is 7.14. The molecule has 3 rings (SSSR count). The van der Waals surface area contributed by atoms with Crippen LogP contribution in [0.15, 0.2) is 34.9 Å². The van der Waals surface area contributed by atoms with Crippen molar-refractivity contribution in [2.24, 2.45) is 0 Å². The van der Waals surface area contributed by atoms with E-state index in [9.17, 15) is 4.79 Å². The molecule has 2 heterocycles. The topological polar surface area (TPSA) is 64.4 Å². The molecule has 110 valence electrons. The fraction of sp³-hybridized carbons (Fsp3) is 0.375. The molecule has 0 saturated heterocycles. The smallest absolute Gasteiger partial charge is 0.273 e. The lowest BCUT2D eigenvalue weighted by Gasteiger charge is -2.26. The molecule has 1 amide bonds. The van der Waals surface area contributed by atoms with Crippen LogP contribution in [-0.2, 0) is 0 Å². The van der Waals surface area contributed by atoms with E-state index >= 15 is 0 Å². The zero-order chi connectivity index (χ0) is 14.8. The SMILES string of the molecule is CC(C)c1cc(C(=O)NC2CCOc3ccccc32)no1. The summed E-state index contributed by atoms with van der Waals surface area (Å²) < 4.78 is 10.8. The van der Waals surface area contributed by atoms with E-state index < -0.39 is 0 Å². The number of rotatable bonds is 3. The summed E-state index contributed by atoms with van der Waals surface area (Å²) in [6.07, 6.45) is 0.748. The third-order valence-electron chi connectivity index (χ3n) is 3.59. The number of benzene rings is 1. The van der Waals surface area contributed by atoms with Crippen molar-refractivity contribution in [1.82, 2.24) is 10.5 Å². The minimum absolute atomic E-state index is 0.0540. The van der Waals surface area contributed by atoms with E-state index in [1.54, 1.807) is 6.07 Å². The lowest BCUT2D eigenvalue weighted by Crippen LogP contribution is -2.32. The van der Waals surface area contributed by atoms with E-state index in [2.05, 4.69) is 10.5 Å². The molecule has 0 fully saturated rings. The van der Waals surface area contributed by atoms with Gasteiger partial charge < -0.3 is 14.6 Å². The molecule has 2 aromatic rings. The van der Waals surface area contributed by atoms with Crippen LogP contribution >= 0.6 is 0 Å². The van der Waals surface area contributed by atoms with Gasteiger partial charge in [-0.1, -0.05) is 37.2 Å². The number of fused-ring (bicyclic) bond motifs is 1. The van der Waals surface area contributed by atoms with E-state index in [1.165, 1.54) is 0 Å². The van der Waals surface area contributed by atoms with Gasteiger partial charge >= 0.3 is 0 Å². The van der Waals surface area contributed by atoms with Crippen molar-refractivity contribution in [3.63, 3.8) is 0 Å². The monoisotopic (exact) mass is 286 g/mol. The highest BCUT2D eigenvalue weighted by Gasteiger charge is 2.24. The first kappa shape index (κ1) is 13.7. The van der Waals surface area contributed by atoms with Gasteiger partial charge in [0.25, 0.3) is 5.91 Å². The standard InChI is InChI=1S/C16H18N2O3/c1-10(2)15-9-13(18-21-15)16(19)17-12-7-8-20-14-6-4-3-5-11(12)14/h3-6,9-10,12H,7-8H2,1-2H3,(H,17,19). The Morgan fingerprint density at radius 3 is 2.95 bits per heavy atom. The fourth-order valence-electron chi connectivity index (χ4n) is 2.39. The first-order chi connectivity index (χ1) is 10.1. The lowest BCUT2D eigenvalue weighted by atomic mass is 10.0. The van der Waals surface area contributed by atoms with E-state index in [0.29, 0.717) is 18.1 Å². The molecular formula is C16H18N2O3. The Balaban J connectivity index is 1.76. The quantitative estimate of drug-likeness (QED) is 0.941. The molecule has 1 aromatic carbocycles. The summed E-state index contributed by atoms with van der Waals surface area (Å²) >= 11 is 0. The van der Waals surface area contributed by atoms with Crippen molar-refractivity contribution in [3.8, 4) is 5.75 Å². The zero-order valence-corrected chi connectivity index (χ0v) is 12.1. The second kappa shape index (κ2) is 5.60. The summed E-state index contributed by atoms with van der Waals surface area (Å²) in [6.45, 7) is 4.59. The van der Waals surface area contributed by atoms with Crippen LogP contribution in [0, 0.1) is 0 Å². The largest absolute Gasteiger partial charge is 0.493 e. The van der Waals surface area contributed by atoms with Crippen molar-refractivity contribution >= 4 is 5.91 Å².